The molecule has 2 heterocycles. The first-order valence-corrected chi connectivity index (χ1v) is 6.91. The maximum absolute atomic E-state index is 11.4. The van der Waals surface area contributed by atoms with E-state index in [9.17, 15) is 4.79 Å². The van der Waals surface area contributed by atoms with Gasteiger partial charge in [0.05, 0.1) is 10.0 Å². The number of nitrogens with two attached hydrogens (primary N) is 1. The van der Waals surface area contributed by atoms with Crippen LogP contribution in [0.2, 0.25) is 10.0 Å². The SMILES string of the molecule is Nc1nc(Nc2cc(Cl)c(-c3cc[nH]c(=O)c3)c(Cl)c2)n[nH]1. The fourth-order valence-electron chi connectivity index (χ4n) is 1.98. The van der Waals surface area contributed by atoms with Crippen molar-refractivity contribution < 1.29 is 0 Å². The van der Waals surface area contributed by atoms with Crippen LogP contribution in [0, 0.1) is 0 Å². The number of aromatic nitrogens is 4. The zero-order valence-electron chi connectivity index (χ0n) is 11.0. The molecule has 7 nitrogen and oxygen atoms in total. The molecule has 0 saturated carbocycles. The van der Waals surface area contributed by atoms with Crippen molar-refractivity contribution in [3.8, 4) is 11.1 Å². The van der Waals surface area contributed by atoms with Crippen molar-refractivity contribution in [1.29, 1.82) is 0 Å². The molecule has 112 valence electrons. The van der Waals surface area contributed by atoms with E-state index in [2.05, 4.69) is 25.5 Å². The summed E-state index contributed by atoms with van der Waals surface area (Å²) in [7, 11) is 0. The second-order valence-electron chi connectivity index (χ2n) is 4.43. The Bertz CT molecular complexity index is 865. The molecule has 3 rings (SSSR count). The molecule has 0 aliphatic carbocycles. The van der Waals surface area contributed by atoms with Gasteiger partial charge in [0, 0.05) is 23.5 Å². The molecule has 0 atom stereocenters. The third kappa shape index (κ3) is 2.90. The van der Waals surface area contributed by atoms with E-state index in [4.69, 9.17) is 28.9 Å². The molecule has 5 N–H and O–H groups in total. The Morgan fingerprint density at radius 3 is 2.50 bits per heavy atom. The van der Waals surface area contributed by atoms with Crippen LogP contribution >= 0.6 is 23.2 Å². The number of nitrogen functional groups attached to an aromatic ring is 1. The molecular formula is C13H10Cl2N6O. The molecule has 0 aliphatic rings. The topological polar surface area (TPSA) is 112 Å². The molecule has 0 unspecified atom stereocenters. The monoisotopic (exact) mass is 336 g/mol. The van der Waals surface area contributed by atoms with Crippen LogP contribution in [0.25, 0.3) is 11.1 Å². The summed E-state index contributed by atoms with van der Waals surface area (Å²) in [5.41, 5.74) is 7.03. The van der Waals surface area contributed by atoms with Crippen LogP contribution in [-0.4, -0.2) is 20.2 Å². The van der Waals surface area contributed by atoms with E-state index in [0.717, 1.165) is 0 Å². The highest BCUT2D eigenvalue weighted by Gasteiger charge is 2.12. The summed E-state index contributed by atoms with van der Waals surface area (Å²) >= 11 is 12.6. The Balaban J connectivity index is 1.99. The van der Waals surface area contributed by atoms with Crippen molar-refractivity contribution in [3.05, 3.63) is 50.9 Å². The van der Waals surface area contributed by atoms with Gasteiger partial charge in [-0.05, 0) is 23.8 Å². The largest absolute Gasteiger partial charge is 0.368 e. The Hall–Kier alpha value is -2.51. The molecule has 0 spiro atoms. The number of hydrogen-bond donors (Lipinski definition) is 4. The van der Waals surface area contributed by atoms with Crippen LogP contribution in [0.5, 0.6) is 0 Å². The summed E-state index contributed by atoms with van der Waals surface area (Å²) in [5.74, 6) is 0.494. The second kappa shape index (κ2) is 5.70. The lowest BCUT2D eigenvalue weighted by atomic mass is 10.1. The van der Waals surface area contributed by atoms with Gasteiger partial charge in [0.2, 0.25) is 17.5 Å². The number of H-pyrrole nitrogens is 2. The van der Waals surface area contributed by atoms with Gasteiger partial charge in [0.1, 0.15) is 0 Å². The average Bonchev–Trinajstić information content (AvgIpc) is 2.83. The first-order chi connectivity index (χ1) is 10.5. The van der Waals surface area contributed by atoms with Gasteiger partial charge < -0.3 is 16.0 Å². The van der Waals surface area contributed by atoms with E-state index >= 15 is 0 Å². The van der Waals surface area contributed by atoms with Crippen molar-refractivity contribution in [2.24, 2.45) is 0 Å². The molecule has 3 aromatic rings. The molecule has 0 aliphatic heterocycles. The van der Waals surface area contributed by atoms with Crippen molar-refractivity contribution >= 4 is 40.8 Å². The lowest BCUT2D eigenvalue weighted by molar-refractivity contribution is 1.10. The van der Waals surface area contributed by atoms with Crippen molar-refractivity contribution in [2.45, 2.75) is 0 Å². The lowest BCUT2D eigenvalue weighted by Crippen LogP contribution is -2.02. The minimum Gasteiger partial charge on any atom is -0.368 e. The summed E-state index contributed by atoms with van der Waals surface area (Å²) in [6.07, 6.45) is 1.53. The van der Waals surface area contributed by atoms with Crippen LogP contribution in [0.3, 0.4) is 0 Å². The normalized spacial score (nSPS) is 10.6. The van der Waals surface area contributed by atoms with E-state index in [-0.39, 0.29) is 11.5 Å². The van der Waals surface area contributed by atoms with Gasteiger partial charge in [0.15, 0.2) is 0 Å². The molecule has 1 aromatic carbocycles. The Morgan fingerprint density at radius 2 is 1.91 bits per heavy atom. The number of aromatic amines is 2. The molecule has 0 bridgehead atoms. The number of nitrogens with zero attached hydrogens (tertiary/aromatic N) is 2. The third-order valence-corrected chi connectivity index (χ3v) is 3.46. The number of hydrogen-bond acceptors (Lipinski definition) is 5. The minimum absolute atomic E-state index is 0.194. The molecule has 0 radical (unpaired) electrons. The zero-order chi connectivity index (χ0) is 15.7. The number of benzene rings is 1. The fraction of sp³-hybridized carbons (Fsp3) is 0. The quantitative estimate of drug-likeness (QED) is 0.587. The van der Waals surface area contributed by atoms with Crippen LogP contribution in [0.15, 0.2) is 35.3 Å². The maximum Gasteiger partial charge on any atom is 0.248 e. The molecule has 0 saturated heterocycles. The van der Waals surface area contributed by atoms with Crippen molar-refractivity contribution in [1.82, 2.24) is 20.2 Å². The highest BCUT2D eigenvalue weighted by molar-refractivity contribution is 6.39. The Morgan fingerprint density at radius 1 is 1.18 bits per heavy atom. The number of rotatable bonds is 3. The first kappa shape index (κ1) is 14.4. The number of halogens is 2. The number of nitrogens with one attached hydrogen (secondary N) is 3. The standard InChI is InChI=1S/C13H10Cl2N6O/c14-8-4-7(18-13-19-12(16)20-21-13)5-9(15)11(8)6-1-2-17-10(22)3-6/h1-5H,(H,17,22)(H4,16,18,19,20,21). The summed E-state index contributed by atoms with van der Waals surface area (Å²) < 4.78 is 0. The van der Waals surface area contributed by atoms with E-state index in [0.29, 0.717) is 32.8 Å². The van der Waals surface area contributed by atoms with Gasteiger partial charge >= 0.3 is 0 Å². The lowest BCUT2D eigenvalue weighted by Gasteiger charge is -2.10. The minimum atomic E-state index is -0.233. The van der Waals surface area contributed by atoms with Crippen LogP contribution in [0.4, 0.5) is 17.6 Å². The van der Waals surface area contributed by atoms with Crippen LogP contribution in [0.1, 0.15) is 0 Å². The molecule has 0 amide bonds. The van der Waals surface area contributed by atoms with E-state index in [1.165, 1.54) is 12.3 Å². The third-order valence-electron chi connectivity index (χ3n) is 2.86. The first-order valence-electron chi connectivity index (χ1n) is 6.16. The van der Waals surface area contributed by atoms with Crippen LogP contribution < -0.4 is 16.6 Å². The summed E-state index contributed by atoms with van der Waals surface area (Å²) in [4.78, 5) is 17.9. The average molecular weight is 337 g/mol. The van der Waals surface area contributed by atoms with Gasteiger partial charge in [-0.3, -0.25) is 4.79 Å². The molecule has 0 fully saturated rings. The number of anilines is 3. The van der Waals surface area contributed by atoms with Gasteiger partial charge in [0.25, 0.3) is 0 Å². The molecule has 22 heavy (non-hydrogen) atoms. The maximum atomic E-state index is 11.4. The molecular weight excluding hydrogens is 327 g/mol. The highest BCUT2D eigenvalue weighted by atomic mass is 35.5. The highest BCUT2D eigenvalue weighted by Crippen LogP contribution is 2.37. The summed E-state index contributed by atoms with van der Waals surface area (Å²) in [6, 6.07) is 6.47. The van der Waals surface area contributed by atoms with E-state index in [1.807, 2.05) is 0 Å². The predicted octanol–water partition coefficient (Wildman–Crippen LogP) is 2.79. The van der Waals surface area contributed by atoms with Crippen molar-refractivity contribution in [3.63, 3.8) is 0 Å². The molecule has 2 aromatic heterocycles. The van der Waals surface area contributed by atoms with Crippen LogP contribution in [-0.2, 0) is 0 Å². The molecule has 9 heteroatoms. The fourth-order valence-corrected chi connectivity index (χ4v) is 2.69. The Labute approximate surface area is 134 Å². The Kier molecular flexibility index (Phi) is 3.74. The van der Waals surface area contributed by atoms with Gasteiger partial charge in [-0.25, -0.2) is 5.10 Å². The summed E-state index contributed by atoms with van der Waals surface area (Å²) in [6.45, 7) is 0. The number of pyridine rings is 1. The second-order valence-corrected chi connectivity index (χ2v) is 5.24. The smallest absolute Gasteiger partial charge is 0.248 e. The van der Waals surface area contributed by atoms with E-state index < -0.39 is 0 Å². The predicted molar refractivity (Wildman–Crippen MR) is 86.6 cm³/mol. The van der Waals surface area contributed by atoms with Gasteiger partial charge in [-0.2, -0.15) is 4.98 Å². The van der Waals surface area contributed by atoms with Gasteiger partial charge in [-0.1, -0.05) is 23.2 Å². The zero-order valence-corrected chi connectivity index (χ0v) is 12.5. The van der Waals surface area contributed by atoms with E-state index in [1.54, 1.807) is 18.2 Å². The van der Waals surface area contributed by atoms with Gasteiger partial charge in [-0.15, -0.1) is 5.10 Å². The summed E-state index contributed by atoms with van der Waals surface area (Å²) in [5, 5.41) is 10.1. The van der Waals surface area contributed by atoms with Crippen molar-refractivity contribution in [2.75, 3.05) is 11.1 Å².